The number of hydrogen-bond donors (Lipinski definition) is 2. The number of aliphatic hydroxyl groups is 2. The molecule has 1 rings (SSSR count). The molecule has 0 bridgehead atoms. The molecular formula is C9H18O5. The lowest BCUT2D eigenvalue weighted by atomic mass is 9.95. The molecule has 0 spiro atoms. The van der Waals surface area contributed by atoms with Crippen molar-refractivity contribution < 1.29 is 24.4 Å². The smallest absolute Gasteiger partial charge is 0.114 e. The van der Waals surface area contributed by atoms with Crippen molar-refractivity contribution in [2.45, 2.75) is 37.4 Å². The molecule has 0 aromatic heterocycles. The highest BCUT2D eigenvalue weighted by Gasteiger charge is 2.43. The predicted octanol–water partition coefficient (Wildman–Crippen LogP) is -0.843. The first-order chi connectivity index (χ1) is 6.65. The topological polar surface area (TPSA) is 68.2 Å². The van der Waals surface area contributed by atoms with Gasteiger partial charge in [-0.2, -0.15) is 0 Å². The van der Waals surface area contributed by atoms with Crippen LogP contribution in [-0.4, -0.2) is 61.6 Å². The van der Waals surface area contributed by atoms with Crippen molar-refractivity contribution in [1.29, 1.82) is 0 Å². The van der Waals surface area contributed by atoms with Gasteiger partial charge in [-0.05, 0) is 6.92 Å². The molecule has 84 valence electrons. The van der Waals surface area contributed by atoms with E-state index in [1.54, 1.807) is 7.11 Å². The maximum atomic E-state index is 9.76. The highest BCUT2D eigenvalue weighted by molar-refractivity contribution is 4.92. The lowest BCUT2D eigenvalue weighted by Crippen LogP contribution is -2.58. The first-order valence-electron chi connectivity index (χ1n) is 4.65. The van der Waals surface area contributed by atoms with Gasteiger partial charge in [0, 0.05) is 14.2 Å². The SMILES string of the molecule is CO[C@@H]1[C@@H](OC)[C@H](O)[C@@H](CO)O[C@H]1C. The van der Waals surface area contributed by atoms with Gasteiger partial charge in [0.2, 0.25) is 0 Å². The van der Waals surface area contributed by atoms with Crippen LogP contribution in [0, 0.1) is 0 Å². The molecule has 1 aliphatic heterocycles. The minimum Gasteiger partial charge on any atom is -0.394 e. The third kappa shape index (κ3) is 2.07. The van der Waals surface area contributed by atoms with Crippen molar-refractivity contribution in [3.63, 3.8) is 0 Å². The molecule has 0 amide bonds. The average Bonchev–Trinajstić information content (AvgIpc) is 2.20. The molecule has 1 fully saturated rings. The van der Waals surface area contributed by atoms with Gasteiger partial charge in [-0.15, -0.1) is 0 Å². The predicted molar refractivity (Wildman–Crippen MR) is 49.0 cm³/mol. The maximum Gasteiger partial charge on any atom is 0.114 e. The molecule has 5 nitrogen and oxygen atoms in total. The van der Waals surface area contributed by atoms with Crippen molar-refractivity contribution in [2.24, 2.45) is 0 Å². The molecule has 0 unspecified atom stereocenters. The second-order valence-electron chi connectivity index (χ2n) is 3.45. The fraction of sp³-hybridized carbons (Fsp3) is 1.00. The van der Waals surface area contributed by atoms with E-state index in [0.29, 0.717) is 0 Å². The minimum atomic E-state index is -0.855. The quantitative estimate of drug-likeness (QED) is 0.630. The zero-order chi connectivity index (χ0) is 10.7. The largest absolute Gasteiger partial charge is 0.394 e. The van der Waals surface area contributed by atoms with Crippen LogP contribution in [0.15, 0.2) is 0 Å². The van der Waals surface area contributed by atoms with E-state index in [-0.39, 0.29) is 18.8 Å². The summed E-state index contributed by atoms with van der Waals surface area (Å²) in [6.07, 6.45) is -2.42. The lowest BCUT2D eigenvalue weighted by molar-refractivity contribution is -0.237. The molecule has 0 aromatic carbocycles. The summed E-state index contributed by atoms with van der Waals surface area (Å²) in [4.78, 5) is 0. The summed E-state index contributed by atoms with van der Waals surface area (Å²) in [6, 6.07) is 0. The van der Waals surface area contributed by atoms with Gasteiger partial charge in [0.15, 0.2) is 0 Å². The van der Waals surface area contributed by atoms with Crippen LogP contribution in [0.2, 0.25) is 0 Å². The van der Waals surface area contributed by atoms with E-state index in [4.69, 9.17) is 19.3 Å². The van der Waals surface area contributed by atoms with E-state index >= 15 is 0 Å². The number of methoxy groups -OCH3 is 2. The maximum absolute atomic E-state index is 9.76. The molecule has 1 heterocycles. The van der Waals surface area contributed by atoms with E-state index in [9.17, 15) is 5.11 Å². The Bertz CT molecular complexity index is 175. The van der Waals surface area contributed by atoms with Gasteiger partial charge in [0.25, 0.3) is 0 Å². The van der Waals surface area contributed by atoms with Gasteiger partial charge in [0.1, 0.15) is 24.4 Å². The molecule has 0 saturated carbocycles. The van der Waals surface area contributed by atoms with Crippen molar-refractivity contribution in [3.8, 4) is 0 Å². The molecule has 1 saturated heterocycles. The Hall–Kier alpha value is -0.200. The summed E-state index contributed by atoms with van der Waals surface area (Å²) in [5, 5.41) is 18.7. The Morgan fingerprint density at radius 1 is 1.21 bits per heavy atom. The zero-order valence-corrected chi connectivity index (χ0v) is 8.71. The molecule has 1 aliphatic rings. The average molecular weight is 206 g/mol. The van der Waals surface area contributed by atoms with Crippen LogP contribution in [-0.2, 0) is 14.2 Å². The molecule has 2 N–H and O–H groups in total. The fourth-order valence-corrected chi connectivity index (χ4v) is 1.86. The van der Waals surface area contributed by atoms with E-state index in [1.807, 2.05) is 6.92 Å². The molecule has 14 heavy (non-hydrogen) atoms. The van der Waals surface area contributed by atoms with Gasteiger partial charge in [0.05, 0.1) is 12.7 Å². The highest BCUT2D eigenvalue weighted by atomic mass is 16.6. The van der Waals surface area contributed by atoms with Gasteiger partial charge < -0.3 is 24.4 Å². The lowest BCUT2D eigenvalue weighted by Gasteiger charge is -2.41. The summed E-state index contributed by atoms with van der Waals surface area (Å²) in [7, 11) is 3.05. The van der Waals surface area contributed by atoms with E-state index in [2.05, 4.69) is 0 Å². The molecule has 5 heteroatoms. The monoisotopic (exact) mass is 206 g/mol. The van der Waals surface area contributed by atoms with Crippen LogP contribution < -0.4 is 0 Å². The second-order valence-corrected chi connectivity index (χ2v) is 3.45. The number of rotatable bonds is 3. The van der Waals surface area contributed by atoms with Crippen molar-refractivity contribution >= 4 is 0 Å². The number of aliphatic hydroxyl groups excluding tert-OH is 2. The molecule has 5 atom stereocenters. The summed E-state index contributed by atoms with van der Waals surface area (Å²) in [5.74, 6) is 0. The Labute approximate surface area is 83.6 Å². The van der Waals surface area contributed by atoms with E-state index in [0.717, 1.165) is 0 Å². The Morgan fingerprint density at radius 2 is 1.79 bits per heavy atom. The molecular weight excluding hydrogens is 188 g/mol. The minimum absolute atomic E-state index is 0.203. The van der Waals surface area contributed by atoms with Crippen LogP contribution in [0.3, 0.4) is 0 Å². The van der Waals surface area contributed by atoms with Gasteiger partial charge >= 0.3 is 0 Å². The van der Waals surface area contributed by atoms with Crippen LogP contribution in [0.25, 0.3) is 0 Å². The summed E-state index contributed by atoms with van der Waals surface area (Å²) >= 11 is 0. The Balaban J connectivity index is 2.73. The molecule has 0 aromatic rings. The van der Waals surface area contributed by atoms with Crippen molar-refractivity contribution in [3.05, 3.63) is 0 Å². The van der Waals surface area contributed by atoms with Crippen molar-refractivity contribution in [1.82, 2.24) is 0 Å². The second kappa shape index (κ2) is 5.04. The standard InChI is InChI=1S/C9H18O5/c1-5-8(12-2)9(13-3)7(11)6(4-10)14-5/h5-11H,4H2,1-3H3/t5-,6+,7+,8-,9-/m0/s1. The fourth-order valence-electron chi connectivity index (χ4n) is 1.86. The molecule has 0 radical (unpaired) electrons. The normalized spacial score (nSPS) is 43.9. The van der Waals surface area contributed by atoms with Crippen LogP contribution >= 0.6 is 0 Å². The third-order valence-electron chi connectivity index (χ3n) is 2.62. The summed E-state index contributed by atoms with van der Waals surface area (Å²) in [6.45, 7) is 1.61. The van der Waals surface area contributed by atoms with Gasteiger partial charge in [-0.25, -0.2) is 0 Å². The van der Waals surface area contributed by atoms with Crippen LogP contribution in [0.5, 0.6) is 0 Å². The van der Waals surface area contributed by atoms with E-state index in [1.165, 1.54) is 7.11 Å². The number of ether oxygens (including phenoxy) is 3. The Morgan fingerprint density at radius 3 is 2.21 bits per heavy atom. The Kier molecular flexibility index (Phi) is 4.28. The van der Waals surface area contributed by atoms with Crippen LogP contribution in [0.4, 0.5) is 0 Å². The summed E-state index contributed by atoms with van der Waals surface area (Å²) < 4.78 is 15.7. The first kappa shape index (κ1) is 11.9. The first-order valence-corrected chi connectivity index (χ1v) is 4.65. The molecule has 0 aliphatic carbocycles. The zero-order valence-electron chi connectivity index (χ0n) is 8.71. The highest BCUT2D eigenvalue weighted by Crippen LogP contribution is 2.24. The van der Waals surface area contributed by atoms with Crippen LogP contribution in [0.1, 0.15) is 6.92 Å². The summed E-state index contributed by atoms with van der Waals surface area (Å²) in [5.41, 5.74) is 0. The van der Waals surface area contributed by atoms with Crippen molar-refractivity contribution in [2.75, 3.05) is 20.8 Å². The van der Waals surface area contributed by atoms with Gasteiger partial charge in [-0.3, -0.25) is 0 Å². The number of hydrogen-bond acceptors (Lipinski definition) is 5. The van der Waals surface area contributed by atoms with E-state index < -0.39 is 18.3 Å². The van der Waals surface area contributed by atoms with Gasteiger partial charge in [-0.1, -0.05) is 0 Å². The third-order valence-corrected chi connectivity index (χ3v) is 2.62.